The number of para-hydroxylation sites is 1. The molecule has 1 aromatic heterocycles. The number of amides is 1. The van der Waals surface area contributed by atoms with E-state index in [1.807, 2.05) is 4.90 Å². The molecule has 1 saturated heterocycles. The largest absolute Gasteiger partial charge is 0.481 e. The van der Waals surface area contributed by atoms with Gasteiger partial charge in [-0.2, -0.15) is 0 Å². The molecule has 4 rings (SSSR count). The zero-order valence-corrected chi connectivity index (χ0v) is 15.7. The number of rotatable bonds is 2. The van der Waals surface area contributed by atoms with Gasteiger partial charge in [0.05, 0.1) is 12.3 Å². The molecule has 4 N–H and O–H groups in total. The molecule has 2 aliphatic heterocycles. The number of H-pyrrole nitrogens is 1. The molecule has 1 amide bonds. The Bertz CT molecular complexity index is 818. The molecule has 0 saturated carbocycles. The second-order valence-electron chi connectivity index (χ2n) is 7.06. The lowest BCUT2D eigenvalue weighted by Gasteiger charge is -2.43. The number of aliphatic carboxylic acids is 1. The van der Waals surface area contributed by atoms with E-state index in [4.69, 9.17) is 20.4 Å². The van der Waals surface area contributed by atoms with E-state index in [2.05, 4.69) is 29.2 Å². The molecular weight excluding hydrogens is 346 g/mol. The van der Waals surface area contributed by atoms with Crippen molar-refractivity contribution in [1.29, 1.82) is 0 Å². The second kappa shape index (κ2) is 8.10. The highest BCUT2D eigenvalue weighted by Crippen LogP contribution is 2.43. The first kappa shape index (κ1) is 19.4. The lowest BCUT2D eigenvalue weighted by Crippen LogP contribution is -2.48. The summed E-state index contributed by atoms with van der Waals surface area (Å²) >= 11 is 0. The fourth-order valence-corrected chi connectivity index (χ4v) is 4.06. The van der Waals surface area contributed by atoms with Crippen LogP contribution in [0.2, 0.25) is 0 Å². The number of aromatic nitrogens is 1. The van der Waals surface area contributed by atoms with Crippen LogP contribution in [0, 0.1) is 0 Å². The molecule has 0 radical (unpaired) electrons. The van der Waals surface area contributed by atoms with Crippen LogP contribution in [-0.4, -0.2) is 53.1 Å². The molecule has 3 heterocycles. The van der Waals surface area contributed by atoms with Crippen LogP contribution < -0.4 is 5.73 Å². The first-order chi connectivity index (χ1) is 13.0. The van der Waals surface area contributed by atoms with E-state index in [1.54, 1.807) is 0 Å². The average molecular weight is 373 g/mol. The van der Waals surface area contributed by atoms with E-state index in [1.165, 1.54) is 22.2 Å². The van der Waals surface area contributed by atoms with Crippen molar-refractivity contribution >= 4 is 22.8 Å². The fraction of sp³-hybridized carbons (Fsp3) is 0.500. The van der Waals surface area contributed by atoms with Gasteiger partial charge in [0.15, 0.2) is 0 Å². The number of hydrogen-bond acceptors (Lipinski definition) is 4. The number of hydrogen-bond donors (Lipinski definition) is 3. The van der Waals surface area contributed by atoms with Crippen molar-refractivity contribution in [3.05, 3.63) is 35.5 Å². The third-order valence-corrected chi connectivity index (χ3v) is 5.28. The van der Waals surface area contributed by atoms with Gasteiger partial charge in [-0.15, -0.1) is 0 Å². The smallest absolute Gasteiger partial charge is 0.300 e. The molecule has 0 atom stereocenters. The van der Waals surface area contributed by atoms with Gasteiger partial charge in [-0.1, -0.05) is 18.2 Å². The van der Waals surface area contributed by atoms with Gasteiger partial charge >= 0.3 is 0 Å². The van der Waals surface area contributed by atoms with Crippen LogP contribution in [0.25, 0.3) is 10.9 Å². The second-order valence-corrected chi connectivity index (χ2v) is 7.06. The van der Waals surface area contributed by atoms with E-state index < -0.39 is 5.97 Å². The third-order valence-electron chi connectivity index (χ3n) is 5.28. The summed E-state index contributed by atoms with van der Waals surface area (Å²) in [5, 5.41) is 8.73. The number of nitrogens with two attached hydrogens (primary N) is 1. The first-order valence-corrected chi connectivity index (χ1v) is 9.38. The maximum Gasteiger partial charge on any atom is 0.300 e. The predicted octanol–water partition coefficient (Wildman–Crippen LogP) is 2.00. The number of benzene rings is 1. The zero-order valence-electron chi connectivity index (χ0n) is 15.7. The highest BCUT2D eigenvalue weighted by molar-refractivity contribution is 5.85. The van der Waals surface area contributed by atoms with E-state index >= 15 is 0 Å². The summed E-state index contributed by atoms with van der Waals surface area (Å²) in [4.78, 5) is 26.6. The molecule has 146 valence electrons. The standard InChI is InChI=1S/C18H23N3O2.C2H4O2/c19-9-5-16(22)21-10-7-18(8-11-21)17-14(6-12-23-18)13-3-1-2-4-15(13)20-17;1-2(3)4/h1-4,20H,5-12,19H2;1H3,(H,3,4). The van der Waals surface area contributed by atoms with Crippen LogP contribution in [0.1, 0.15) is 37.4 Å². The Kier molecular flexibility index (Phi) is 5.82. The minimum absolute atomic E-state index is 0.162. The summed E-state index contributed by atoms with van der Waals surface area (Å²) in [7, 11) is 0. The molecule has 0 aliphatic carbocycles. The van der Waals surface area contributed by atoms with Gasteiger partial charge in [0.25, 0.3) is 5.97 Å². The van der Waals surface area contributed by atoms with E-state index in [-0.39, 0.29) is 11.5 Å². The normalized spacial score (nSPS) is 17.9. The highest BCUT2D eigenvalue weighted by Gasteiger charge is 2.43. The molecule has 2 aromatic rings. The first-order valence-electron chi connectivity index (χ1n) is 9.38. The molecule has 2 aliphatic rings. The zero-order chi connectivity index (χ0) is 19.4. The van der Waals surface area contributed by atoms with E-state index in [9.17, 15) is 4.79 Å². The summed E-state index contributed by atoms with van der Waals surface area (Å²) in [6.07, 6.45) is 3.09. The van der Waals surface area contributed by atoms with Crippen LogP contribution in [-0.2, 0) is 26.3 Å². The topological polar surface area (TPSA) is 109 Å². The molecule has 7 heteroatoms. The van der Waals surface area contributed by atoms with Crippen molar-refractivity contribution < 1.29 is 19.4 Å². The number of fused-ring (bicyclic) bond motifs is 4. The number of carboxylic acids is 1. The minimum Gasteiger partial charge on any atom is -0.481 e. The van der Waals surface area contributed by atoms with Crippen molar-refractivity contribution in [2.75, 3.05) is 26.2 Å². The average Bonchev–Trinajstić information content (AvgIpc) is 3.03. The maximum absolute atomic E-state index is 12.1. The Hall–Kier alpha value is -2.38. The number of ether oxygens (including phenoxy) is 1. The monoisotopic (exact) mass is 373 g/mol. The number of nitrogens with zero attached hydrogens (tertiary/aromatic N) is 1. The fourth-order valence-electron chi connectivity index (χ4n) is 4.06. The van der Waals surface area contributed by atoms with Gasteiger partial charge in [-0.3, -0.25) is 9.59 Å². The van der Waals surface area contributed by atoms with Crippen LogP contribution in [0.15, 0.2) is 24.3 Å². The number of piperidine rings is 1. The van der Waals surface area contributed by atoms with Gasteiger partial charge in [-0.05, 0) is 30.9 Å². The van der Waals surface area contributed by atoms with Gasteiger partial charge < -0.3 is 25.5 Å². The van der Waals surface area contributed by atoms with Gasteiger partial charge in [0.2, 0.25) is 5.91 Å². The predicted molar refractivity (Wildman–Crippen MR) is 102 cm³/mol. The number of likely N-dealkylation sites (tertiary alicyclic amines) is 1. The molecule has 0 bridgehead atoms. The Labute approximate surface area is 158 Å². The van der Waals surface area contributed by atoms with Crippen LogP contribution in [0.4, 0.5) is 0 Å². The molecule has 27 heavy (non-hydrogen) atoms. The van der Waals surface area contributed by atoms with Crippen molar-refractivity contribution in [2.24, 2.45) is 5.73 Å². The van der Waals surface area contributed by atoms with E-state index in [0.717, 1.165) is 45.9 Å². The molecule has 1 fully saturated rings. The van der Waals surface area contributed by atoms with Crippen LogP contribution in [0.5, 0.6) is 0 Å². The van der Waals surface area contributed by atoms with E-state index in [0.29, 0.717) is 13.0 Å². The number of aromatic amines is 1. The Morgan fingerprint density at radius 1 is 1.30 bits per heavy atom. The highest BCUT2D eigenvalue weighted by atomic mass is 16.5. The SMILES string of the molecule is CC(=O)O.NCCC(=O)N1CCC2(CC1)OCCc1c2[nH]c2ccccc12. The van der Waals surface area contributed by atoms with Crippen molar-refractivity contribution in [3.8, 4) is 0 Å². The van der Waals surface area contributed by atoms with Crippen molar-refractivity contribution in [1.82, 2.24) is 9.88 Å². The van der Waals surface area contributed by atoms with Gasteiger partial charge in [0, 0.05) is 43.9 Å². The Balaban J connectivity index is 0.000000481. The number of nitrogens with one attached hydrogen (secondary N) is 1. The summed E-state index contributed by atoms with van der Waals surface area (Å²) in [5.74, 6) is -0.671. The maximum atomic E-state index is 12.1. The number of carbonyl (C=O) groups is 2. The molecular formula is C20H27N3O4. The summed E-state index contributed by atoms with van der Waals surface area (Å²) in [6.45, 7) is 3.75. The Morgan fingerprint density at radius 2 is 1.96 bits per heavy atom. The lowest BCUT2D eigenvalue weighted by molar-refractivity contribution is -0.141. The molecule has 7 nitrogen and oxygen atoms in total. The number of carbonyl (C=O) groups excluding carboxylic acids is 1. The Morgan fingerprint density at radius 3 is 2.63 bits per heavy atom. The summed E-state index contributed by atoms with van der Waals surface area (Å²) in [6, 6.07) is 8.46. The van der Waals surface area contributed by atoms with Gasteiger partial charge in [-0.25, -0.2) is 0 Å². The third kappa shape index (κ3) is 3.99. The van der Waals surface area contributed by atoms with Crippen LogP contribution in [0.3, 0.4) is 0 Å². The molecule has 1 aromatic carbocycles. The number of carboxylic acid groups (broad SMARTS) is 1. The summed E-state index contributed by atoms with van der Waals surface area (Å²) in [5.41, 5.74) is 9.06. The quantitative estimate of drug-likeness (QED) is 0.746. The van der Waals surface area contributed by atoms with Crippen molar-refractivity contribution in [3.63, 3.8) is 0 Å². The lowest BCUT2D eigenvalue weighted by atomic mass is 9.83. The molecule has 1 spiro atoms. The van der Waals surface area contributed by atoms with Crippen molar-refractivity contribution in [2.45, 2.75) is 38.2 Å². The molecule has 0 unspecified atom stereocenters. The van der Waals surface area contributed by atoms with Crippen LogP contribution >= 0.6 is 0 Å². The van der Waals surface area contributed by atoms with Gasteiger partial charge in [0.1, 0.15) is 5.60 Å². The summed E-state index contributed by atoms with van der Waals surface area (Å²) < 4.78 is 6.26. The minimum atomic E-state index is -0.833.